The number of aryl methyl sites for hydroxylation is 1. The van der Waals surface area contributed by atoms with Crippen molar-refractivity contribution in [2.75, 3.05) is 4.90 Å². The van der Waals surface area contributed by atoms with E-state index in [0.29, 0.717) is 22.7 Å². The molecule has 0 unspecified atom stereocenters. The summed E-state index contributed by atoms with van der Waals surface area (Å²) in [6, 6.07) is 9.47. The second-order valence-electron chi connectivity index (χ2n) is 5.71. The first kappa shape index (κ1) is 15.1. The van der Waals surface area contributed by atoms with Crippen molar-refractivity contribution >= 4 is 33.3 Å². The predicted molar refractivity (Wildman–Crippen MR) is 93.1 cm³/mol. The lowest BCUT2D eigenvalue weighted by atomic mass is 10.2. The lowest BCUT2D eigenvalue weighted by molar-refractivity contribution is -0.125. The highest BCUT2D eigenvalue weighted by Gasteiger charge is 2.33. The Hall–Kier alpha value is -2.41. The summed E-state index contributed by atoms with van der Waals surface area (Å²) in [6.07, 6.45) is 1.41. The Kier molecular flexibility index (Phi) is 3.53. The van der Waals surface area contributed by atoms with Crippen molar-refractivity contribution in [1.29, 1.82) is 0 Å². The lowest BCUT2D eigenvalue weighted by Crippen LogP contribution is -2.44. The first-order valence-electron chi connectivity index (χ1n) is 7.62. The quantitative estimate of drug-likeness (QED) is 0.634. The van der Waals surface area contributed by atoms with Crippen LogP contribution in [0.4, 0.5) is 5.82 Å². The molecule has 0 aliphatic carbocycles. The van der Waals surface area contributed by atoms with Crippen molar-refractivity contribution < 1.29 is 9.53 Å². The highest BCUT2D eigenvalue weighted by molar-refractivity contribution is 9.10. The van der Waals surface area contributed by atoms with Crippen LogP contribution in [0, 0.1) is 6.92 Å². The summed E-state index contributed by atoms with van der Waals surface area (Å²) < 4.78 is 8.33. The summed E-state index contributed by atoms with van der Waals surface area (Å²) in [5.41, 5.74) is 2.71. The molecule has 24 heavy (non-hydrogen) atoms. The van der Waals surface area contributed by atoms with Crippen molar-refractivity contribution in [3.63, 3.8) is 0 Å². The number of nitrogens with zero attached hydrogens (tertiary/aromatic N) is 4. The molecule has 0 aromatic carbocycles. The van der Waals surface area contributed by atoms with Crippen LogP contribution in [0.1, 0.15) is 18.3 Å². The highest BCUT2D eigenvalue weighted by Crippen LogP contribution is 2.34. The SMILES string of the molecule is Cc1nc2ccccn2c1CN1C(=O)[C@@H](C)Oc2ccc(Br)nc21. The number of pyridine rings is 2. The number of hydrogen-bond acceptors (Lipinski definition) is 4. The van der Waals surface area contributed by atoms with Gasteiger partial charge in [0.1, 0.15) is 10.3 Å². The molecule has 0 radical (unpaired) electrons. The fraction of sp³-hybridized carbons (Fsp3) is 0.235. The van der Waals surface area contributed by atoms with Gasteiger partial charge in [-0.05, 0) is 54.0 Å². The maximum atomic E-state index is 12.7. The molecule has 1 aliphatic heterocycles. The van der Waals surface area contributed by atoms with Crippen LogP contribution in [0.15, 0.2) is 41.1 Å². The van der Waals surface area contributed by atoms with Crippen LogP contribution in [-0.4, -0.2) is 26.4 Å². The summed E-state index contributed by atoms with van der Waals surface area (Å²) in [5.74, 6) is 1.02. The highest BCUT2D eigenvalue weighted by atomic mass is 79.9. The fourth-order valence-electron chi connectivity index (χ4n) is 2.92. The van der Waals surface area contributed by atoms with Gasteiger partial charge in [-0.25, -0.2) is 9.97 Å². The number of aromatic nitrogens is 3. The summed E-state index contributed by atoms with van der Waals surface area (Å²) >= 11 is 3.36. The van der Waals surface area contributed by atoms with Crippen LogP contribution >= 0.6 is 15.9 Å². The first-order valence-corrected chi connectivity index (χ1v) is 8.41. The molecule has 0 fully saturated rings. The molecular weight excluding hydrogens is 372 g/mol. The molecule has 3 aromatic rings. The monoisotopic (exact) mass is 386 g/mol. The van der Waals surface area contributed by atoms with E-state index in [-0.39, 0.29) is 5.91 Å². The van der Waals surface area contributed by atoms with Gasteiger partial charge in [0, 0.05) is 6.20 Å². The van der Waals surface area contributed by atoms with Crippen LogP contribution in [0.3, 0.4) is 0 Å². The molecule has 0 N–H and O–H groups in total. The van der Waals surface area contributed by atoms with E-state index in [1.54, 1.807) is 17.9 Å². The molecule has 3 aromatic heterocycles. The summed E-state index contributed by atoms with van der Waals surface area (Å²) in [5, 5.41) is 0. The molecule has 7 heteroatoms. The molecular formula is C17H15BrN4O2. The van der Waals surface area contributed by atoms with Gasteiger partial charge in [-0.15, -0.1) is 0 Å². The van der Waals surface area contributed by atoms with Gasteiger partial charge in [0.25, 0.3) is 5.91 Å². The van der Waals surface area contributed by atoms with Crippen LogP contribution in [0.5, 0.6) is 5.75 Å². The molecule has 4 rings (SSSR count). The van der Waals surface area contributed by atoms with E-state index in [2.05, 4.69) is 25.9 Å². The molecule has 0 bridgehead atoms. The van der Waals surface area contributed by atoms with Crippen molar-refractivity contribution in [1.82, 2.24) is 14.4 Å². The van der Waals surface area contributed by atoms with Gasteiger partial charge in [-0.2, -0.15) is 0 Å². The number of carbonyl (C=O) groups is 1. The molecule has 1 amide bonds. The van der Waals surface area contributed by atoms with Crippen LogP contribution in [0.2, 0.25) is 0 Å². The Bertz CT molecular complexity index is 953. The van der Waals surface area contributed by atoms with E-state index in [4.69, 9.17) is 4.74 Å². The zero-order valence-corrected chi connectivity index (χ0v) is 14.8. The van der Waals surface area contributed by atoms with E-state index in [1.165, 1.54) is 0 Å². The van der Waals surface area contributed by atoms with E-state index in [1.807, 2.05) is 41.8 Å². The number of fused-ring (bicyclic) bond motifs is 2. The number of anilines is 1. The molecule has 4 heterocycles. The van der Waals surface area contributed by atoms with Gasteiger partial charge < -0.3 is 9.14 Å². The van der Waals surface area contributed by atoms with Crippen LogP contribution in [-0.2, 0) is 11.3 Å². The van der Waals surface area contributed by atoms with Gasteiger partial charge >= 0.3 is 0 Å². The number of hydrogen-bond donors (Lipinski definition) is 0. The normalized spacial score (nSPS) is 17.0. The number of amides is 1. The van der Waals surface area contributed by atoms with Gasteiger partial charge in [-0.1, -0.05) is 6.07 Å². The van der Waals surface area contributed by atoms with Gasteiger partial charge in [0.2, 0.25) is 0 Å². The minimum absolute atomic E-state index is 0.113. The summed E-state index contributed by atoms with van der Waals surface area (Å²) in [7, 11) is 0. The van der Waals surface area contributed by atoms with Crippen LogP contribution in [0.25, 0.3) is 5.65 Å². The standard InChI is InChI=1S/C17H15BrN4O2/c1-10-12(21-8-4-3-5-15(21)19-10)9-22-16-13(6-7-14(18)20-16)24-11(2)17(22)23/h3-8,11H,9H2,1-2H3/t11-/m1/s1. The van der Waals surface area contributed by atoms with E-state index in [0.717, 1.165) is 17.0 Å². The second kappa shape index (κ2) is 5.59. The average molecular weight is 387 g/mol. The number of ether oxygens (including phenoxy) is 1. The molecule has 1 aliphatic rings. The van der Waals surface area contributed by atoms with Crippen molar-refractivity contribution in [2.24, 2.45) is 0 Å². The Morgan fingerprint density at radius 2 is 2.08 bits per heavy atom. The zero-order valence-electron chi connectivity index (χ0n) is 13.2. The minimum Gasteiger partial charge on any atom is -0.477 e. The minimum atomic E-state index is -0.542. The maximum absolute atomic E-state index is 12.7. The van der Waals surface area contributed by atoms with E-state index in [9.17, 15) is 4.79 Å². The largest absolute Gasteiger partial charge is 0.477 e. The Balaban J connectivity index is 1.82. The third-order valence-corrected chi connectivity index (χ3v) is 4.56. The first-order chi connectivity index (χ1) is 11.5. The molecule has 0 saturated heterocycles. The Labute approximate surface area is 147 Å². The predicted octanol–water partition coefficient (Wildman–Crippen LogP) is 3.11. The second-order valence-corrected chi connectivity index (χ2v) is 6.53. The van der Waals surface area contributed by atoms with E-state index < -0.39 is 6.10 Å². The van der Waals surface area contributed by atoms with Gasteiger partial charge in [0.05, 0.1) is 17.9 Å². The fourth-order valence-corrected chi connectivity index (χ4v) is 3.22. The van der Waals surface area contributed by atoms with Crippen molar-refractivity contribution in [2.45, 2.75) is 26.5 Å². The smallest absolute Gasteiger partial charge is 0.269 e. The topological polar surface area (TPSA) is 59.7 Å². The van der Waals surface area contributed by atoms with Gasteiger partial charge in [-0.3, -0.25) is 9.69 Å². The van der Waals surface area contributed by atoms with E-state index >= 15 is 0 Å². The van der Waals surface area contributed by atoms with Crippen LogP contribution < -0.4 is 9.64 Å². The molecule has 6 nitrogen and oxygen atoms in total. The van der Waals surface area contributed by atoms with Crippen molar-refractivity contribution in [3.05, 3.63) is 52.5 Å². The number of rotatable bonds is 2. The molecule has 0 spiro atoms. The molecule has 122 valence electrons. The third-order valence-electron chi connectivity index (χ3n) is 4.12. The number of imidazole rings is 1. The summed E-state index contributed by atoms with van der Waals surface area (Å²) in [6.45, 7) is 4.09. The number of halogens is 1. The third kappa shape index (κ3) is 2.36. The molecule has 0 saturated carbocycles. The molecule has 1 atom stereocenters. The van der Waals surface area contributed by atoms with Crippen molar-refractivity contribution in [3.8, 4) is 5.75 Å². The number of carbonyl (C=O) groups excluding carboxylic acids is 1. The maximum Gasteiger partial charge on any atom is 0.269 e. The Morgan fingerprint density at radius 3 is 2.92 bits per heavy atom. The zero-order chi connectivity index (χ0) is 16.8. The van der Waals surface area contributed by atoms with Gasteiger partial charge in [0.15, 0.2) is 17.7 Å². The Morgan fingerprint density at radius 1 is 1.25 bits per heavy atom. The average Bonchev–Trinajstić information content (AvgIpc) is 2.88. The summed E-state index contributed by atoms with van der Waals surface area (Å²) in [4.78, 5) is 23.4. The lowest BCUT2D eigenvalue weighted by Gasteiger charge is -2.32.